The summed E-state index contributed by atoms with van der Waals surface area (Å²) in [6.07, 6.45) is 4.63. The predicted molar refractivity (Wildman–Crippen MR) is 128 cm³/mol. The Bertz CT molecular complexity index is 635. The fourth-order valence-electron chi connectivity index (χ4n) is 4.00. The third kappa shape index (κ3) is 6.79. The quantitative estimate of drug-likeness (QED) is 0.342. The van der Waals surface area contributed by atoms with Crippen LogP contribution >= 0.6 is 24.0 Å². The van der Waals surface area contributed by atoms with Crippen LogP contribution in [0.3, 0.4) is 0 Å². The summed E-state index contributed by atoms with van der Waals surface area (Å²) in [5.74, 6) is 2.68. The molecule has 1 fully saturated rings. The number of piperidine rings is 1. The van der Waals surface area contributed by atoms with Gasteiger partial charge in [0, 0.05) is 38.6 Å². The highest BCUT2D eigenvalue weighted by molar-refractivity contribution is 14.0. The Labute approximate surface area is 187 Å². The zero-order valence-corrected chi connectivity index (χ0v) is 20.0. The number of nitrogens with one attached hydrogen (secondary N) is 2. The van der Waals surface area contributed by atoms with Crippen LogP contribution in [-0.2, 0) is 12.8 Å². The summed E-state index contributed by atoms with van der Waals surface area (Å²) in [6, 6.07) is 7.22. The van der Waals surface area contributed by atoms with E-state index in [1.165, 1.54) is 37.1 Å². The summed E-state index contributed by atoms with van der Waals surface area (Å²) in [5, 5.41) is 6.89. The SMILES string of the molecule is CCNC(=NCC1CCCN(C(C)C)C1)NCCc1ccc2c(c1)CCO2.I. The van der Waals surface area contributed by atoms with E-state index < -0.39 is 0 Å². The number of fused-ring (bicyclic) bond motifs is 1. The van der Waals surface area contributed by atoms with Gasteiger partial charge < -0.3 is 20.3 Å². The van der Waals surface area contributed by atoms with E-state index in [2.05, 4.69) is 54.5 Å². The van der Waals surface area contributed by atoms with Crippen molar-refractivity contribution in [3.05, 3.63) is 29.3 Å². The van der Waals surface area contributed by atoms with Crippen LogP contribution in [-0.4, -0.2) is 56.2 Å². The number of benzene rings is 1. The molecule has 0 aromatic heterocycles. The zero-order chi connectivity index (χ0) is 19.1. The number of ether oxygens (including phenoxy) is 1. The molecule has 0 amide bonds. The summed E-state index contributed by atoms with van der Waals surface area (Å²) in [6.45, 7) is 12.7. The summed E-state index contributed by atoms with van der Waals surface area (Å²) in [4.78, 5) is 7.45. The van der Waals surface area contributed by atoms with Gasteiger partial charge in [0.2, 0.25) is 0 Å². The molecule has 2 N–H and O–H groups in total. The van der Waals surface area contributed by atoms with Crippen LogP contribution in [0.2, 0.25) is 0 Å². The number of aliphatic imine (C=N–C) groups is 1. The Morgan fingerprint density at radius 3 is 2.96 bits per heavy atom. The molecule has 2 aliphatic rings. The van der Waals surface area contributed by atoms with E-state index in [1.54, 1.807) is 0 Å². The lowest BCUT2D eigenvalue weighted by Gasteiger charge is -2.34. The Morgan fingerprint density at radius 1 is 1.32 bits per heavy atom. The molecular formula is C22H37IN4O. The Hall–Kier alpha value is -1.02. The number of guanidine groups is 1. The van der Waals surface area contributed by atoms with Crippen LogP contribution in [0.15, 0.2) is 23.2 Å². The van der Waals surface area contributed by atoms with E-state index in [0.717, 1.165) is 50.8 Å². The third-order valence-electron chi connectivity index (χ3n) is 5.59. The largest absolute Gasteiger partial charge is 0.493 e. The number of hydrogen-bond acceptors (Lipinski definition) is 3. The van der Waals surface area contributed by atoms with Gasteiger partial charge in [-0.05, 0) is 69.7 Å². The van der Waals surface area contributed by atoms with Gasteiger partial charge in [0.15, 0.2) is 5.96 Å². The second kappa shape index (κ2) is 11.9. The van der Waals surface area contributed by atoms with Gasteiger partial charge in [-0.15, -0.1) is 24.0 Å². The van der Waals surface area contributed by atoms with Crippen LogP contribution in [0.5, 0.6) is 5.75 Å². The molecular weight excluding hydrogens is 463 g/mol. The van der Waals surface area contributed by atoms with Crippen molar-refractivity contribution >= 4 is 29.9 Å². The first-order chi connectivity index (χ1) is 13.2. The van der Waals surface area contributed by atoms with E-state index in [1.807, 2.05) is 0 Å². The molecule has 3 rings (SSSR count). The monoisotopic (exact) mass is 500 g/mol. The topological polar surface area (TPSA) is 48.9 Å². The minimum atomic E-state index is 0. The van der Waals surface area contributed by atoms with Gasteiger partial charge >= 0.3 is 0 Å². The summed E-state index contributed by atoms with van der Waals surface area (Å²) in [5.41, 5.74) is 2.71. The average Bonchev–Trinajstić information content (AvgIpc) is 3.14. The van der Waals surface area contributed by atoms with Crippen LogP contribution in [0.25, 0.3) is 0 Å². The van der Waals surface area contributed by atoms with Crippen LogP contribution in [0.4, 0.5) is 0 Å². The molecule has 1 unspecified atom stereocenters. The lowest BCUT2D eigenvalue weighted by atomic mass is 9.97. The minimum Gasteiger partial charge on any atom is -0.493 e. The van der Waals surface area contributed by atoms with Crippen molar-refractivity contribution in [2.45, 2.75) is 52.5 Å². The van der Waals surface area contributed by atoms with Crippen molar-refractivity contribution in [3.63, 3.8) is 0 Å². The number of rotatable bonds is 7. The van der Waals surface area contributed by atoms with Gasteiger partial charge in [0.1, 0.15) is 5.75 Å². The Morgan fingerprint density at radius 2 is 2.18 bits per heavy atom. The summed E-state index contributed by atoms with van der Waals surface area (Å²) < 4.78 is 5.59. The molecule has 158 valence electrons. The highest BCUT2D eigenvalue weighted by atomic mass is 127. The molecule has 0 radical (unpaired) electrons. The van der Waals surface area contributed by atoms with Crippen molar-refractivity contribution in [2.75, 3.05) is 39.3 Å². The fraction of sp³-hybridized carbons (Fsp3) is 0.682. The van der Waals surface area contributed by atoms with Crippen molar-refractivity contribution in [1.29, 1.82) is 0 Å². The first-order valence-electron chi connectivity index (χ1n) is 10.7. The summed E-state index contributed by atoms with van der Waals surface area (Å²) >= 11 is 0. The molecule has 0 bridgehead atoms. The van der Waals surface area contributed by atoms with E-state index in [-0.39, 0.29) is 24.0 Å². The summed E-state index contributed by atoms with van der Waals surface area (Å²) in [7, 11) is 0. The Kier molecular flexibility index (Phi) is 9.85. The fourth-order valence-corrected chi connectivity index (χ4v) is 4.00. The first-order valence-corrected chi connectivity index (χ1v) is 10.7. The third-order valence-corrected chi connectivity index (χ3v) is 5.59. The Balaban J connectivity index is 0.00000280. The highest BCUT2D eigenvalue weighted by Crippen LogP contribution is 2.25. The molecule has 2 aliphatic heterocycles. The molecule has 2 heterocycles. The van der Waals surface area contributed by atoms with Gasteiger partial charge in [-0.2, -0.15) is 0 Å². The molecule has 0 aliphatic carbocycles. The van der Waals surface area contributed by atoms with Crippen molar-refractivity contribution in [1.82, 2.24) is 15.5 Å². The smallest absolute Gasteiger partial charge is 0.191 e. The van der Waals surface area contributed by atoms with Gasteiger partial charge in [0.05, 0.1) is 6.61 Å². The maximum absolute atomic E-state index is 5.59. The standard InChI is InChI=1S/C22H36N4O.HI/c1-4-23-22(25-15-19-6-5-12-26(16-19)17(2)3)24-11-9-18-7-8-21-20(14-18)10-13-27-21;/h7-8,14,17,19H,4-6,9-13,15-16H2,1-3H3,(H2,23,24,25);1H. The molecule has 1 atom stereocenters. The molecule has 0 saturated carbocycles. The van der Waals surface area contributed by atoms with Gasteiger partial charge in [-0.25, -0.2) is 0 Å². The maximum atomic E-state index is 5.59. The van der Waals surface area contributed by atoms with E-state index in [0.29, 0.717) is 12.0 Å². The number of halogens is 1. The van der Waals surface area contributed by atoms with Crippen molar-refractivity contribution in [3.8, 4) is 5.75 Å². The van der Waals surface area contributed by atoms with Crippen LogP contribution in [0, 0.1) is 5.92 Å². The first kappa shape index (κ1) is 23.3. The van der Waals surface area contributed by atoms with Gasteiger partial charge in [-0.1, -0.05) is 12.1 Å². The van der Waals surface area contributed by atoms with Crippen LogP contribution in [0.1, 0.15) is 44.7 Å². The molecule has 1 aromatic carbocycles. The average molecular weight is 500 g/mol. The molecule has 28 heavy (non-hydrogen) atoms. The molecule has 5 nitrogen and oxygen atoms in total. The molecule has 6 heteroatoms. The number of likely N-dealkylation sites (tertiary alicyclic amines) is 1. The van der Waals surface area contributed by atoms with Crippen LogP contribution < -0.4 is 15.4 Å². The number of hydrogen-bond donors (Lipinski definition) is 2. The lowest BCUT2D eigenvalue weighted by molar-refractivity contribution is 0.143. The molecule has 1 saturated heterocycles. The van der Waals surface area contributed by atoms with Gasteiger partial charge in [0.25, 0.3) is 0 Å². The number of nitrogens with zero attached hydrogens (tertiary/aromatic N) is 2. The van der Waals surface area contributed by atoms with E-state index in [9.17, 15) is 0 Å². The minimum absolute atomic E-state index is 0. The molecule has 0 spiro atoms. The predicted octanol–water partition coefficient (Wildman–Crippen LogP) is 3.46. The van der Waals surface area contributed by atoms with Crippen molar-refractivity contribution in [2.24, 2.45) is 10.9 Å². The highest BCUT2D eigenvalue weighted by Gasteiger charge is 2.21. The lowest BCUT2D eigenvalue weighted by Crippen LogP contribution is -2.42. The second-order valence-electron chi connectivity index (χ2n) is 8.03. The van der Waals surface area contributed by atoms with E-state index >= 15 is 0 Å². The zero-order valence-electron chi connectivity index (χ0n) is 17.7. The normalized spacial score (nSPS) is 19.7. The van der Waals surface area contributed by atoms with E-state index in [4.69, 9.17) is 9.73 Å². The van der Waals surface area contributed by atoms with Gasteiger partial charge in [-0.3, -0.25) is 4.99 Å². The van der Waals surface area contributed by atoms with Crippen molar-refractivity contribution < 1.29 is 4.74 Å². The molecule has 1 aromatic rings. The second-order valence-corrected chi connectivity index (χ2v) is 8.03. The maximum Gasteiger partial charge on any atom is 0.191 e.